The standard InChI is InChI=1S/C17H13F2NO2S/c1-20(16-7-6-12-4-2-3-5-13(12)8-16)23(21,22)17-10-14(18)9-15(19)11-17/h2-11H,1H3. The highest BCUT2D eigenvalue weighted by molar-refractivity contribution is 7.92. The third-order valence-electron chi connectivity index (χ3n) is 3.59. The van der Waals surface area contributed by atoms with Crippen LogP contribution in [0.15, 0.2) is 65.6 Å². The highest BCUT2D eigenvalue weighted by Gasteiger charge is 2.23. The van der Waals surface area contributed by atoms with E-state index in [1.54, 1.807) is 18.2 Å². The van der Waals surface area contributed by atoms with Gasteiger partial charge in [0.2, 0.25) is 0 Å². The summed E-state index contributed by atoms with van der Waals surface area (Å²) in [6.07, 6.45) is 0. The van der Waals surface area contributed by atoms with Crippen LogP contribution in [0, 0.1) is 11.6 Å². The number of hydrogen-bond donors (Lipinski definition) is 0. The van der Waals surface area contributed by atoms with Crippen LogP contribution >= 0.6 is 0 Å². The van der Waals surface area contributed by atoms with E-state index in [9.17, 15) is 17.2 Å². The fourth-order valence-electron chi connectivity index (χ4n) is 2.35. The van der Waals surface area contributed by atoms with E-state index in [2.05, 4.69) is 0 Å². The van der Waals surface area contributed by atoms with Crippen molar-refractivity contribution in [2.45, 2.75) is 4.90 Å². The Balaban J connectivity index is 2.07. The summed E-state index contributed by atoms with van der Waals surface area (Å²) in [5.74, 6) is -1.87. The number of sulfonamides is 1. The molecule has 0 aliphatic rings. The Labute approximate surface area is 132 Å². The van der Waals surface area contributed by atoms with Crippen LogP contribution in [0.3, 0.4) is 0 Å². The third-order valence-corrected chi connectivity index (χ3v) is 5.35. The molecule has 0 heterocycles. The third kappa shape index (κ3) is 2.90. The molecular formula is C17H13F2NO2S. The average molecular weight is 333 g/mol. The lowest BCUT2D eigenvalue weighted by Gasteiger charge is -2.20. The van der Waals surface area contributed by atoms with Gasteiger partial charge in [-0.15, -0.1) is 0 Å². The van der Waals surface area contributed by atoms with Gasteiger partial charge in [-0.2, -0.15) is 0 Å². The minimum atomic E-state index is -4.05. The molecule has 23 heavy (non-hydrogen) atoms. The van der Waals surface area contributed by atoms with Crippen molar-refractivity contribution >= 4 is 26.5 Å². The molecule has 3 aromatic rings. The molecule has 3 aromatic carbocycles. The van der Waals surface area contributed by atoms with E-state index in [1.807, 2.05) is 24.3 Å². The van der Waals surface area contributed by atoms with Crippen LogP contribution in [0.4, 0.5) is 14.5 Å². The first-order valence-corrected chi connectivity index (χ1v) is 8.26. The Morgan fingerprint density at radius 3 is 2.09 bits per heavy atom. The molecule has 0 spiro atoms. The number of benzene rings is 3. The number of halogens is 2. The van der Waals surface area contributed by atoms with Crippen LogP contribution in [0.5, 0.6) is 0 Å². The molecule has 6 heteroatoms. The summed E-state index contributed by atoms with van der Waals surface area (Å²) in [6, 6.07) is 14.9. The van der Waals surface area contributed by atoms with Crippen LogP contribution in [-0.2, 0) is 10.0 Å². The smallest absolute Gasteiger partial charge is 0.264 e. The van der Waals surface area contributed by atoms with Crippen LogP contribution in [-0.4, -0.2) is 15.5 Å². The van der Waals surface area contributed by atoms with E-state index in [4.69, 9.17) is 0 Å². The first-order chi connectivity index (χ1) is 10.9. The van der Waals surface area contributed by atoms with Gasteiger partial charge in [0.05, 0.1) is 10.6 Å². The lowest BCUT2D eigenvalue weighted by molar-refractivity contribution is 0.566. The molecule has 3 nitrogen and oxygen atoms in total. The second kappa shape index (κ2) is 5.62. The van der Waals surface area contributed by atoms with Gasteiger partial charge in [-0.3, -0.25) is 4.31 Å². The molecule has 0 bridgehead atoms. The fraction of sp³-hybridized carbons (Fsp3) is 0.0588. The van der Waals surface area contributed by atoms with Crippen LogP contribution in [0.25, 0.3) is 10.8 Å². The summed E-state index contributed by atoms with van der Waals surface area (Å²) in [4.78, 5) is -0.425. The monoisotopic (exact) mass is 333 g/mol. The Hall–Kier alpha value is -2.47. The van der Waals surface area contributed by atoms with Gasteiger partial charge in [0, 0.05) is 13.1 Å². The van der Waals surface area contributed by atoms with Crippen molar-refractivity contribution in [3.05, 3.63) is 72.3 Å². The van der Waals surface area contributed by atoms with Crippen molar-refractivity contribution in [2.24, 2.45) is 0 Å². The maximum atomic E-state index is 13.3. The van der Waals surface area contributed by atoms with Gasteiger partial charge < -0.3 is 0 Å². The SMILES string of the molecule is CN(c1ccc2ccccc2c1)S(=O)(=O)c1cc(F)cc(F)c1. The zero-order chi connectivity index (χ0) is 16.6. The minimum absolute atomic E-state index is 0.411. The number of nitrogens with zero attached hydrogens (tertiary/aromatic N) is 1. The predicted octanol–water partition coefficient (Wildman–Crippen LogP) is 3.94. The first-order valence-electron chi connectivity index (χ1n) is 6.82. The highest BCUT2D eigenvalue weighted by atomic mass is 32.2. The summed E-state index contributed by atoms with van der Waals surface area (Å²) >= 11 is 0. The Kier molecular flexibility index (Phi) is 3.77. The van der Waals surface area contributed by atoms with Gasteiger partial charge >= 0.3 is 0 Å². The Morgan fingerprint density at radius 2 is 1.43 bits per heavy atom. The molecule has 0 saturated heterocycles. The number of anilines is 1. The fourth-order valence-corrected chi connectivity index (χ4v) is 3.58. The lowest BCUT2D eigenvalue weighted by Crippen LogP contribution is -2.26. The number of fused-ring (bicyclic) bond motifs is 1. The predicted molar refractivity (Wildman–Crippen MR) is 85.9 cm³/mol. The van der Waals surface area contributed by atoms with E-state index >= 15 is 0 Å². The molecule has 0 atom stereocenters. The molecule has 0 aliphatic carbocycles. The zero-order valence-electron chi connectivity index (χ0n) is 12.2. The van der Waals surface area contributed by atoms with Gasteiger partial charge in [-0.05, 0) is 35.0 Å². The molecule has 3 rings (SSSR count). The number of rotatable bonds is 3. The summed E-state index contributed by atoms with van der Waals surface area (Å²) in [5, 5.41) is 1.84. The van der Waals surface area contributed by atoms with E-state index in [1.165, 1.54) is 7.05 Å². The van der Waals surface area contributed by atoms with Crippen molar-refractivity contribution in [2.75, 3.05) is 11.4 Å². The van der Waals surface area contributed by atoms with Crippen molar-refractivity contribution in [1.29, 1.82) is 0 Å². The van der Waals surface area contributed by atoms with Gasteiger partial charge in [0.1, 0.15) is 11.6 Å². The largest absolute Gasteiger partial charge is 0.269 e. The lowest BCUT2D eigenvalue weighted by atomic mass is 10.1. The molecule has 118 valence electrons. The Morgan fingerprint density at radius 1 is 0.826 bits per heavy atom. The molecule has 0 saturated carbocycles. The Bertz CT molecular complexity index is 967. The van der Waals surface area contributed by atoms with Crippen molar-refractivity contribution in [1.82, 2.24) is 0 Å². The molecule has 0 fully saturated rings. The van der Waals surface area contributed by atoms with E-state index in [0.29, 0.717) is 11.8 Å². The molecule has 0 unspecified atom stereocenters. The van der Waals surface area contributed by atoms with Gasteiger partial charge in [0.25, 0.3) is 10.0 Å². The first kappa shape index (κ1) is 15.4. The molecule has 0 aromatic heterocycles. The number of hydrogen-bond acceptors (Lipinski definition) is 2. The average Bonchev–Trinajstić information content (AvgIpc) is 2.52. The minimum Gasteiger partial charge on any atom is -0.269 e. The van der Waals surface area contributed by atoms with E-state index in [0.717, 1.165) is 27.2 Å². The maximum Gasteiger partial charge on any atom is 0.264 e. The van der Waals surface area contributed by atoms with E-state index in [-0.39, 0.29) is 0 Å². The van der Waals surface area contributed by atoms with Crippen molar-refractivity contribution in [3.8, 4) is 0 Å². The summed E-state index contributed by atoms with van der Waals surface area (Å²) in [6.45, 7) is 0. The van der Waals surface area contributed by atoms with Gasteiger partial charge in [-0.1, -0.05) is 30.3 Å². The van der Waals surface area contributed by atoms with Crippen molar-refractivity contribution in [3.63, 3.8) is 0 Å². The second-order valence-corrected chi connectivity index (χ2v) is 7.08. The molecule has 0 aliphatic heterocycles. The van der Waals surface area contributed by atoms with Crippen LogP contribution in [0.2, 0.25) is 0 Å². The summed E-state index contributed by atoms with van der Waals surface area (Å²) < 4.78 is 52.8. The maximum absolute atomic E-state index is 13.3. The summed E-state index contributed by atoms with van der Waals surface area (Å²) in [5.41, 5.74) is 0.411. The summed E-state index contributed by atoms with van der Waals surface area (Å²) in [7, 11) is -2.70. The van der Waals surface area contributed by atoms with E-state index < -0.39 is 26.6 Å². The zero-order valence-corrected chi connectivity index (χ0v) is 13.0. The van der Waals surface area contributed by atoms with Crippen LogP contribution < -0.4 is 4.31 Å². The highest BCUT2D eigenvalue weighted by Crippen LogP contribution is 2.26. The topological polar surface area (TPSA) is 37.4 Å². The van der Waals surface area contributed by atoms with Gasteiger partial charge in [-0.25, -0.2) is 17.2 Å². The second-order valence-electron chi connectivity index (χ2n) is 5.11. The normalized spacial score (nSPS) is 11.6. The molecule has 0 amide bonds. The molecule has 0 N–H and O–H groups in total. The quantitative estimate of drug-likeness (QED) is 0.728. The molecule has 0 radical (unpaired) electrons. The van der Waals surface area contributed by atoms with Gasteiger partial charge in [0.15, 0.2) is 0 Å². The van der Waals surface area contributed by atoms with Crippen LogP contribution in [0.1, 0.15) is 0 Å². The van der Waals surface area contributed by atoms with Crippen molar-refractivity contribution < 1.29 is 17.2 Å². The molecular weight excluding hydrogens is 320 g/mol.